The predicted octanol–water partition coefficient (Wildman–Crippen LogP) is 2.62. The van der Waals surface area contributed by atoms with Crippen LogP contribution in [0.5, 0.6) is 0 Å². The lowest BCUT2D eigenvalue weighted by molar-refractivity contribution is -0.129. The lowest BCUT2D eigenvalue weighted by Crippen LogP contribution is -2.59. The topological polar surface area (TPSA) is 55.1 Å². The average Bonchev–Trinajstić information content (AvgIpc) is 2.24. The smallest absolute Gasteiger partial charge is 0.240 e. The maximum atomic E-state index is 11.9. The highest BCUT2D eigenvalue weighted by molar-refractivity contribution is 5.87. The molecule has 0 spiro atoms. The molecule has 2 aliphatic carbocycles. The molecule has 0 heterocycles. The zero-order chi connectivity index (χ0) is 12.5. The first kappa shape index (κ1) is 15.8. The minimum atomic E-state index is -0.534. The van der Waals surface area contributed by atoms with Crippen LogP contribution in [0.2, 0.25) is 0 Å². The molecule has 0 bridgehead atoms. The normalized spacial score (nSPS) is 25.7. The SMILES string of the molecule is CC1(C)CCC(CNC(=O)C2(N)CCC2)CC1.Cl. The summed E-state index contributed by atoms with van der Waals surface area (Å²) in [5.74, 6) is 0.740. The zero-order valence-electron chi connectivity index (χ0n) is 11.6. The van der Waals surface area contributed by atoms with Crippen LogP contribution in [0.1, 0.15) is 58.8 Å². The van der Waals surface area contributed by atoms with Crippen molar-refractivity contribution in [1.29, 1.82) is 0 Å². The Morgan fingerprint density at radius 3 is 2.22 bits per heavy atom. The molecule has 0 aliphatic heterocycles. The van der Waals surface area contributed by atoms with E-state index in [0.29, 0.717) is 11.3 Å². The monoisotopic (exact) mass is 274 g/mol. The highest BCUT2D eigenvalue weighted by Crippen LogP contribution is 2.37. The second kappa shape index (κ2) is 5.79. The summed E-state index contributed by atoms with van der Waals surface area (Å²) < 4.78 is 0. The standard InChI is InChI=1S/C14H26N2O.ClH/c1-13(2)8-4-11(5-9-13)10-16-12(17)14(15)6-3-7-14;/h11H,3-10,15H2,1-2H3,(H,16,17);1H. The third-order valence-electron chi connectivity index (χ3n) is 4.71. The largest absolute Gasteiger partial charge is 0.354 e. The van der Waals surface area contributed by atoms with Crippen LogP contribution in [0.25, 0.3) is 0 Å². The maximum absolute atomic E-state index is 11.9. The fourth-order valence-electron chi connectivity index (χ4n) is 2.86. The number of hydrogen-bond donors (Lipinski definition) is 2. The fourth-order valence-corrected chi connectivity index (χ4v) is 2.86. The van der Waals surface area contributed by atoms with Crippen molar-refractivity contribution in [2.24, 2.45) is 17.1 Å². The number of rotatable bonds is 3. The number of halogens is 1. The van der Waals surface area contributed by atoms with Gasteiger partial charge in [-0.05, 0) is 56.3 Å². The first-order valence-corrected chi connectivity index (χ1v) is 6.99. The molecule has 2 aliphatic rings. The molecule has 2 saturated carbocycles. The Bertz CT molecular complexity index is 290. The summed E-state index contributed by atoms with van der Waals surface area (Å²) in [6.07, 6.45) is 7.85. The van der Waals surface area contributed by atoms with E-state index in [1.807, 2.05) is 0 Å². The Morgan fingerprint density at radius 2 is 1.78 bits per heavy atom. The van der Waals surface area contributed by atoms with Gasteiger partial charge in [-0.25, -0.2) is 0 Å². The van der Waals surface area contributed by atoms with Gasteiger partial charge in [0.1, 0.15) is 0 Å². The van der Waals surface area contributed by atoms with Crippen LogP contribution in [-0.2, 0) is 4.79 Å². The minimum absolute atomic E-state index is 0. The van der Waals surface area contributed by atoms with Crippen molar-refractivity contribution in [2.75, 3.05) is 6.54 Å². The number of hydrogen-bond acceptors (Lipinski definition) is 2. The molecule has 1 amide bonds. The molecule has 106 valence electrons. The van der Waals surface area contributed by atoms with E-state index in [1.165, 1.54) is 25.7 Å². The van der Waals surface area contributed by atoms with Crippen molar-refractivity contribution in [3.05, 3.63) is 0 Å². The van der Waals surface area contributed by atoms with Gasteiger partial charge in [-0.15, -0.1) is 12.4 Å². The number of nitrogens with one attached hydrogen (secondary N) is 1. The van der Waals surface area contributed by atoms with E-state index in [4.69, 9.17) is 5.73 Å². The summed E-state index contributed by atoms with van der Waals surface area (Å²) in [5.41, 5.74) is 5.96. The molecule has 0 saturated heterocycles. The Morgan fingerprint density at radius 1 is 1.22 bits per heavy atom. The van der Waals surface area contributed by atoms with Gasteiger partial charge in [-0.3, -0.25) is 4.79 Å². The van der Waals surface area contributed by atoms with Crippen molar-refractivity contribution >= 4 is 18.3 Å². The second-order valence-electron chi connectivity index (χ2n) is 6.83. The van der Waals surface area contributed by atoms with Crippen LogP contribution in [-0.4, -0.2) is 18.0 Å². The number of carbonyl (C=O) groups is 1. The summed E-state index contributed by atoms with van der Waals surface area (Å²) in [7, 11) is 0. The van der Waals surface area contributed by atoms with Gasteiger partial charge in [0.15, 0.2) is 0 Å². The predicted molar refractivity (Wildman–Crippen MR) is 76.8 cm³/mol. The Balaban J connectivity index is 0.00000162. The first-order chi connectivity index (χ1) is 7.91. The summed E-state index contributed by atoms with van der Waals surface area (Å²) >= 11 is 0. The van der Waals surface area contributed by atoms with E-state index in [9.17, 15) is 4.79 Å². The van der Waals surface area contributed by atoms with E-state index in [1.54, 1.807) is 0 Å². The number of nitrogens with two attached hydrogens (primary N) is 1. The van der Waals surface area contributed by atoms with Crippen molar-refractivity contribution < 1.29 is 4.79 Å². The van der Waals surface area contributed by atoms with Gasteiger partial charge in [-0.1, -0.05) is 13.8 Å². The Labute approximate surface area is 117 Å². The third-order valence-corrected chi connectivity index (χ3v) is 4.71. The second-order valence-corrected chi connectivity index (χ2v) is 6.83. The lowest BCUT2D eigenvalue weighted by Gasteiger charge is -2.38. The fraction of sp³-hybridized carbons (Fsp3) is 0.929. The summed E-state index contributed by atoms with van der Waals surface area (Å²) in [6, 6.07) is 0. The van der Waals surface area contributed by atoms with Gasteiger partial charge in [-0.2, -0.15) is 0 Å². The van der Waals surface area contributed by atoms with Crippen LogP contribution < -0.4 is 11.1 Å². The van der Waals surface area contributed by atoms with E-state index in [0.717, 1.165) is 25.8 Å². The number of carbonyl (C=O) groups excluding carboxylic acids is 1. The molecule has 3 nitrogen and oxygen atoms in total. The van der Waals surface area contributed by atoms with Crippen LogP contribution in [0.4, 0.5) is 0 Å². The molecule has 0 aromatic heterocycles. The molecular formula is C14H27ClN2O. The van der Waals surface area contributed by atoms with Crippen LogP contribution in [0.15, 0.2) is 0 Å². The highest BCUT2D eigenvalue weighted by atomic mass is 35.5. The molecule has 2 fully saturated rings. The number of amides is 1. The maximum Gasteiger partial charge on any atom is 0.240 e. The van der Waals surface area contributed by atoms with Gasteiger partial charge in [0.2, 0.25) is 5.91 Å². The van der Waals surface area contributed by atoms with E-state index < -0.39 is 5.54 Å². The van der Waals surface area contributed by atoms with Crippen LogP contribution >= 0.6 is 12.4 Å². The van der Waals surface area contributed by atoms with Gasteiger partial charge < -0.3 is 11.1 Å². The summed E-state index contributed by atoms with van der Waals surface area (Å²) in [6.45, 7) is 5.50. The molecule has 0 aromatic rings. The molecule has 0 atom stereocenters. The third kappa shape index (κ3) is 3.61. The first-order valence-electron chi connectivity index (χ1n) is 6.99. The zero-order valence-corrected chi connectivity index (χ0v) is 12.4. The van der Waals surface area contributed by atoms with Gasteiger partial charge in [0.25, 0.3) is 0 Å². The molecule has 0 aromatic carbocycles. The minimum Gasteiger partial charge on any atom is -0.354 e. The molecule has 4 heteroatoms. The molecule has 2 rings (SSSR count). The van der Waals surface area contributed by atoms with Crippen LogP contribution in [0, 0.1) is 11.3 Å². The average molecular weight is 275 g/mol. The van der Waals surface area contributed by atoms with E-state index in [2.05, 4.69) is 19.2 Å². The van der Waals surface area contributed by atoms with Gasteiger partial charge >= 0.3 is 0 Å². The van der Waals surface area contributed by atoms with E-state index >= 15 is 0 Å². The van der Waals surface area contributed by atoms with Gasteiger partial charge in [0, 0.05) is 6.54 Å². The highest BCUT2D eigenvalue weighted by Gasteiger charge is 2.40. The Hall–Kier alpha value is -0.280. The van der Waals surface area contributed by atoms with Crippen molar-refractivity contribution in [3.8, 4) is 0 Å². The quantitative estimate of drug-likeness (QED) is 0.831. The molecule has 3 N–H and O–H groups in total. The van der Waals surface area contributed by atoms with Crippen molar-refractivity contribution in [1.82, 2.24) is 5.32 Å². The summed E-state index contributed by atoms with van der Waals surface area (Å²) in [4.78, 5) is 11.9. The molecule has 18 heavy (non-hydrogen) atoms. The van der Waals surface area contributed by atoms with Crippen molar-refractivity contribution in [3.63, 3.8) is 0 Å². The molecular weight excluding hydrogens is 248 g/mol. The van der Waals surface area contributed by atoms with Gasteiger partial charge in [0.05, 0.1) is 5.54 Å². The molecule has 0 radical (unpaired) electrons. The Kier molecular flexibility index (Phi) is 5.07. The lowest BCUT2D eigenvalue weighted by atomic mass is 9.73. The summed E-state index contributed by atoms with van der Waals surface area (Å²) in [5, 5.41) is 3.06. The van der Waals surface area contributed by atoms with Crippen molar-refractivity contribution in [2.45, 2.75) is 64.3 Å². The van der Waals surface area contributed by atoms with Crippen LogP contribution in [0.3, 0.4) is 0 Å². The van der Waals surface area contributed by atoms with E-state index in [-0.39, 0.29) is 18.3 Å². The molecule has 0 unspecified atom stereocenters.